The number of hydrogen-bond donors (Lipinski definition) is 1. The highest BCUT2D eigenvalue weighted by molar-refractivity contribution is 4.98. The molecule has 5 heteroatoms. The zero-order valence-corrected chi connectivity index (χ0v) is 9.36. The summed E-state index contributed by atoms with van der Waals surface area (Å²) >= 11 is 0. The Labute approximate surface area is 89.8 Å². The maximum atomic E-state index is 5.65. The molecule has 0 bridgehead atoms. The second-order valence-electron chi connectivity index (χ2n) is 3.82. The molecule has 15 heavy (non-hydrogen) atoms. The standard InChI is InChI=1S/C10H18N4O/c1-3-4-9-12-10(14(2)13-9)8-7-11-5-6-15-8/h8,11H,3-7H2,1-2H3. The van der Waals surface area contributed by atoms with Gasteiger partial charge in [-0.2, -0.15) is 5.10 Å². The van der Waals surface area contributed by atoms with Crippen LogP contribution in [0.15, 0.2) is 0 Å². The van der Waals surface area contributed by atoms with Crippen molar-refractivity contribution in [3.8, 4) is 0 Å². The van der Waals surface area contributed by atoms with Crippen molar-refractivity contribution in [3.05, 3.63) is 11.6 Å². The lowest BCUT2D eigenvalue weighted by atomic mass is 10.3. The van der Waals surface area contributed by atoms with Gasteiger partial charge in [0.15, 0.2) is 11.6 Å². The van der Waals surface area contributed by atoms with E-state index >= 15 is 0 Å². The minimum atomic E-state index is 0.0573. The molecule has 1 unspecified atom stereocenters. The minimum Gasteiger partial charge on any atom is -0.368 e. The molecule has 2 heterocycles. The van der Waals surface area contributed by atoms with E-state index in [1.165, 1.54) is 0 Å². The first-order valence-corrected chi connectivity index (χ1v) is 5.53. The molecule has 84 valence electrons. The lowest BCUT2D eigenvalue weighted by Gasteiger charge is -2.22. The molecule has 0 spiro atoms. The molecule has 1 aliphatic rings. The molecule has 0 aromatic carbocycles. The summed E-state index contributed by atoms with van der Waals surface area (Å²) < 4.78 is 7.49. The van der Waals surface area contributed by atoms with Crippen LogP contribution in [0.25, 0.3) is 0 Å². The van der Waals surface area contributed by atoms with Crippen LogP contribution in [0, 0.1) is 0 Å². The maximum absolute atomic E-state index is 5.65. The van der Waals surface area contributed by atoms with E-state index < -0.39 is 0 Å². The van der Waals surface area contributed by atoms with E-state index in [0.29, 0.717) is 0 Å². The third-order valence-corrected chi connectivity index (χ3v) is 2.53. The molecule has 1 aromatic heterocycles. The molecule has 1 saturated heterocycles. The van der Waals surface area contributed by atoms with Crippen molar-refractivity contribution >= 4 is 0 Å². The summed E-state index contributed by atoms with van der Waals surface area (Å²) in [5, 5.41) is 7.67. The Morgan fingerprint density at radius 2 is 2.47 bits per heavy atom. The predicted molar refractivity (Wildman–Crippen MR) is 56.6 cm³/mol. The molecule has 0 radical (unpaired) electrons. The average Bonchev–Trinajstić information content (AvgIpc) is 2.61. The van der Waals surface area contributed by atoms with Gasteiger partial charge < -0.3 is 10.1 Å². The summed E-state index contributed by atoms with van der Waals surface area (Å²) in [6.07, 6.45) is 2.07. The van der Waals surface area contributed by atoms with Crippen molar-refractivity contribution < 1.29 is 4.74 Å². The Morgan fingerprint density at radius 1 is 1.60 bits per heavy atom. The van der Waals surface area contributed by atoms with Crippen LogP contribution in [0.4, 0.5) is 0 Å². The van der Waals surface area contributed by atoms with Crippen LogP contribution < -0.4 is 5.32 Å². The first-order chi connectivity index (χ1) is 7.31. The minimum absolute atomic E-state index is 0.0573. The van der Waals surface area contributed by atoms with E-state index in [1.54, 1.807) is 0 Å². The van der Waals surface area contributed by atoms with E-state index in [-0.39, 0.29) is 6.10 Å². The van der Waals surface area contributed by atoms with Crippen LogP contribution in [0.3, 0.4) is 0 Å². The van der Waals surface area contributed by atoms with Crippen molar-refractivity contribution in [1.82, 2.24) is 20.1 Å². The zero-order chi connectivity index (χ0) is 10.7. The highest BCUT2D eigenvalue weighted by Crippen LogP contribution is 2.16. The molecule has 1 fully saturated rings. The smallest absolute Gasteiger partial charge is 0.157 e. The first kappa shape index (κ1) is 10.6. The van der Waals surface area contributed by atoms with E-state index in [2.05, 4.69) is 22.3 Å². The van der Waals surface area contributed by atoms with Crippen molar-refractivity contribution in [2.45, 2.75) is 25.9 Å². The van der Waals surface area contributed by atoms with Crippen LogP contribution >= 0.6 is 0 Å². The number of rotatable bonds is 3. The van der Waals surface area contributed by atoms with Gasteiger partial charge in [0.1, 0.15) is 6.10 Å². The second kappa shape index (κ2) is 4.72. The number of morpholine rings is 1. The van der Waals surface area contributed by atoms with E-state index in [4.69, 9.17) is 4.74 Å². The van der Waals surface area contributed by atoms with Crippen molar-refractivity contribution in [3.63, 3.8) is 0 Å². The summed E-state index contributed by atoms with van der Waals surface area (Å²) in [4.78, 5) is 4.51. The largest absolute Gasteiger partial charge is 0.368 e. The van der Waals surface area contributed by atoms with Crippen molar-refractivity contribution in [2.24, 2.45) is 7.05 Å². The van der Waals surface area contributed by atoms with Gasteiger partial charge in [0, 0.05) is 26.6 Å². The second-order valence-corrected chi connectivity index (χ2v) is 3.82. The van der Waals surface area contributed by atoms with Crippen LogP contribution in [-0.2, 0) is 18.2 Å². The predicted octanol–water partition coefficient (Wildman–Crippen LogP) is 0.428. The average molecular weight is 210 g/mol. The molecule has 2 rings (SSSR count). The Kier molecular flexibility index (Phi) is 3.33. The number of nitrogens with one attached hydrogen (secondary N) is 1. The van der Waals surface area contributed by atoms with E-state index in [9.17, 15) is 0 Å². The fourth-order valence-corrected chi connectivity index (χ4v) is 1.79. The number of aromatic nitrogens is 3. The van der Waals surface area contributed by atoms with Crippen LogP contribution in [-0.4, -0.2) is 34.5 Å². The van der Waals surface area contributed by atoms with Gasteiger partial charge in [-0.05, 0) is 6.42 Å². The molecule has 1 aliphatic heterocycles. The molecule has 0 aliphatic carbocycles. The number of nitrogens with zero attached hydrogens (tertiary/aromatic N) is 3. The van der Waals surface area contributed by atoms with Gasteiger partial charge in [0.2, 0.25) is 0 Å². The summed E-state index contributed by atoms with van der Waals surface area (Å²) in [5.41, 5.74) is 0. The third-order valence-electron chi connectivity index (χ3n) is 2.53. The van der Waals surface area contributed by atoms with Gasteiger partial charge in [-0.3, -0.25) is 4.68 Å². The topological polar surface area (TPSA) is 52.0 Å². The van der Waals surface area contributed by atoms with E-state index in [1.807, 2.05) is 11.7 Å². The van der Waals surface area contributed by atoms with Gasteiger partial charge >= 0.3 is 0 Å². The van der Waals surface area contributed by atoms with Crippen LogP contribution in [0.2, 0.25) is 0 Å². The van der Waals surface area contributed by atoms with E-state index in [0.717, 1.165) is 44.2 Å². The van der Waals surface area contributed by atoms with Crippen molar-refractivity contribution in [2.75, 3.05) is 19.7 Å². The number of aryl methyl sites for hydroxylation is 2. The van der Waals surface area contributed by atoms with Gasteiger partial charge in [0.05, 0.1) is 6.61 Å². The normalized spacial score (nSPS) is 21.9. The molecule has 0 amide bonds. The fourth-order valence-electron chi connectivity index (χ4n) is 1.79. The fraction of sp³-hybridized carbons (Fsp3) is 0.800. The molecular weight excluding hydrogens is 192 g/mol. The summed E-state index contributed by atoms with van der Waals surface area (Å²) in [6, 6.07) is 0. The SMILES string of the molecule is CCCc1nc(C2CNCCO2)n(C)n1. The van der Waals surface area contributed by atoms with Gasteiger partial charge in [0.25, 0.3) is 0 Å². The van der Waals surface area contributed by atoms with Gasteiger partial charge in [-0.1, -0.05) is 6.92 Å². The maximum Gasteiger partial charge on any atom is 0.157 e. The summed E-state index contributed by atoms with van der Waals surface area (Å²) in [7, 11) is 1.93. The summed E-state index contributed by atoms with van der Waals surface area (Å²) in [5.74, 6) is 1.86. The molecule has 1 atom stereocenters. The van der Waals surface area contributed by atoms with Gasteiger partial charge in [-0.15, -0.1) is 0 Å². The number of hydrogen-bond acceptors (Lipinski definition) is 4. The molecule has 0 saturated carbocycles. The lowest BCUT2D eigenvalue weighted by molar-refractivity contribution is 0.0199. The molecule has 5 nitrogen and oxygen atoms in total. The number of ether oxygens (including phenoxy) is 1. The highest BCUT2D eigenvalue weighted by atomic mass is 16.5. The van der Waals surface area contributed by atoms with Gasteiger partial charge in [-0.25, -0.2) is 4.98 Å². The van der Waals surface area contributed by atoms with Crippen LogP contribution in [0.1, 0.15) is 31.1 Å². The Balaban J connectivity index is 2.11. The third kappa shape index (κ3) is 2.35. The van der Waals surface area contributed by atoms with Crippen molar-refractivity contribution in [1.29, 1.82) is 0 Å². The Morgan fingerprint density at radius 3 is 3.13 bits per heavy atom. The summed E-state index contributed by atoms with van der Waals surface area (Å²) in [6.45, 7) is 4.64. The Hall–Kier alpha value is -0.940. The lowest BCUT2D eigenvalue weighted by Crippen LogP contribution is -2.34. The highest BCUT2D eigenvalue weighted by Gasteiger charge is 2.21. The van der Waals surface area contributed by atoms with Crippen LogP contribution in [0.5, 0.6) is 0 Å². The quantitative estimate of drug-likeness (QED) is 0.786. The molecule has 1 aromatic rings. The molecule has 1 N–H and O–H groups in total. The zero-order valence-electron chi connectivity index (χ0n) is 9.36. The monoisotopic (exact) mass is 210 g/mol. The Bertz CT molecular complexity index is 317. The molecular formula is C10H18N4O. The first-order valence-electron chi connectivity index (χ1n) is 5.53.